The van der Waals surface area contributed by atoms with Gasteiger partial charge in [0.2, 0.25) is 0 Å². The molecule has 0 atom stereocenters. The van der Waals surface area contributed by atoms with Gasteiger partial charge < -0.3 is 4.90 Å². The first kappa shape index (κ1) is 8.02. The van der Waals surface area contributed by atoms with Gasteiger partial charge >= 0.3 is 0 Å². The number of hydrogen-bond acceptors (Lipinski definition) is 1. The lowest BCUT2D eigenvalue weighted by atomic mass is 10.1. The normalized spacial score (nSPS) is 23.4. The third kappa shape index (κ3) is 1.96. The fourth-order valence-electron chi connectivity index (χ4n) is 1.49. The summed E-state index contributed by atoms with van der Waals surface area (Å²) in [7, 11) is 1.94. The third-order valence-corrected chi connectivity index (χ3v) is 2.37. The van der Waals surface area contributed by atoms with Gasteiger partial charge in [-0.2, -0.15) is 0 Å². The van der Waals surface area contributed by atoms with Crippen molar-refractivity contribution in [2.24, 2.45) is 0 Å². The Hall–Kier alpha value is -0.0800. The maximum atomic E-state index is 4.29. The van der Waals surface area contributed by atoms with Gasteiger partial charge in [-0.25, -0.2) is 5.32 Å². The predicted molar refractivity (Wildman–Crippen MR) is 43.2 cm³/mol. The van der Waals surface area contributed by atoms with Crippen LogP contribution in [0.2, 0.25) is 0 Å². The highest BCUT2D eigenvalue weighted by Crippen LogP contribution is 2.09. The molecule has 0 unspecified atom stereocenters. The van der Waals surface area contributed by atoms with Gasteiger partial charge in [0.25, 0.3) is 0 Å². The predicted octanol–water partition coefficient (Wildman–Crippen LogP) is 0.705. The first-order valence-electron chi connectivity index (χ1n) is 4.18. The molecule has 0 N–H and O–H groups in total. The van der Waals surface area contributed by atoms with Crippen LogP contribution in [0.5, 0.6) is 0 Å². The molecule has 1 heterocycles. The van der Waals surface area contributed by atoms with Crippen molar-refractivity contribution in [2.45, 2.75) is 25.8 Å². The van der Waals surface area contributed by atoms with E-state index in [1.807, 2.05) is 7.05 Å². The third-order valence-electron chi connectivity index (χ3n) is 2.37. The Morgan fingerprint density at radius 1 is 1.40 bits per heavy atom. The Kier molecular flexibility index (Phi) is 3.16. The van der Waals surface area contributed by atoms with E-state index in [-0.39, 0.29) is 0 Å². The van der Waals surface area contributed by atoms with Crippen molar-refractivity contribution in [1.82, 2.24) is 10.2 Å². The molecule has 1 fully saturated rings. The van der Waals surface area contributed by atoms with Crippen LogP contribution in [0.1, 0.15) is 19.8 Å². The van der Waals surface area contributed by atoms with Crippen LogP contribution < -0.4 is 5.32 Å². The zero-order valence-electron chi connectivity index (χ0n) is 7.01. The molecule has 0 aliphatic carbocycles. The molecule has 0 aromatic carbocycles. The standard InChI is InChI=1S/C8H17N2/c1-3-10-6-4-8(9-2)5-7-10/h8H,3-7H2,1-2H3. The van der Waals surface area contributed by atoms with E-state index in [2.05, 4.69) is 17.1 Å². The van der Waals surface area contributed by atoms with Crippen LogP contribution in [0.15, 0.2) is 0 Å². The Morgan fingerprint density at radius 2 is 2.00 bits per heavy atom. The van der Waals surface area contributed by atoms with Crippen molar-refractivity contribution in [3.8, 4) is 0 Å². The second-order valence-electron chi connectivity index (χ2n) is 2.92. The topological polar surface area (TPSA) is 17.3 Å². The Labute approximate surface area is 63.6 Å². The lowest BCUT2D eigenvalue weighted by Crippen LogP contribution is -2.38. The quantitative estimate of drug-likeness (QED) is 0.553. The van der Waals surface area contributed by atoms with Gasteiger partial charge in [0.1, 0.15) is 0 Å². The smallest absolute Gasteiger partial charge is 0.0267 e. The van der Waals surface area contributed by atoms with Crippen LogP contribution in [-0.4, -0.2) is 37.6 Å². The molecule has 0 aromatic rings. The molecule has 1 aliphatic heterocycles. The monoisotopic (exact) mass is 141 g/mol. The molecule has 1 saturated heterocycles. The Morgan fingerprint density at radius 3 is 2.40 bits per heavy atom. The summed E-state index contributed by atoms with van der Waals surface area (Å²) in [5, 5.41) is 4.29. The molecule has 2 nitrogen and oxygen atoms in total. The van der Waals surface area contributed by atoms with Gasteiger partial charge in [-0.3, -0.25) is 0 Å². The minimum Gasteiger partial charge on any atom is -0.303 e. The maximum Gasteiger partial charge on any atom is 0.0267 e. The molecular formula is C8H17N2. The second kappa shape index (κ2) is 3.94. The van der Waals surface area contributed by atoms with E-state index in [1.54, 1.807) is 0 Å². The minimum atomic E-state index is 0.655. The van der Waals surface area contributed by atoms with Crippen molar-refractivity contribution in [3.05, 3.63) is 0 Å². The molecule has 0 bridgehead atoms. The molecule has 1 radical (unpaired) electrons. The number of nitrogens with zero attached hydrogens (tertiary/aromatic N) is 2. The highest BCUT2D eigenvalue weighted by Gasteiger charge is 2.16. The van der Waals surface area contributed by atoms with Gasteiger partial charge in [0, 0.05) is 13.1 Å². The van der Waals surface area contributed by atoms with Crippen LogP contribution in [-0.2, 0) is 0 Å². The van der Waals surface area contributed by atoms with E-state index in [9.17, 15) is 0 Å². The summed E-state index contributed by atoms with van der Waals surface area (Å²) < 4.78 is 0. The van der Waals surface area contributed by atoms with E-state index in [4.69, 9.17) is 0 Å². The largest absolute Gasteiger partial charge is 0.303 e. The summed E-state index contributed by atoms with van der Waals surface area (Å²) in [6.07, 6.45) is 2.54. The summed E-state index contributed by atoms with van der Waals surface area (Å²) in [6.45, 7) is 5.93. The minimum absolute atomic E-state index is 0.655. The average Bonchev–Trinajstić information content (AvgIpc) is 2.05. The zero-order valence-corrected chi connectivity index (χ0v) is 7.01. The van der Waals surface area contributed by atoms with Gasteiger partial charge in [-0.1, -0.05) is 6.92 Å². The first-order valence-corrected chi connectivity index (χ1v) is 4.18. The van der Waals surface area contributed by atoms with Crippen LogP contribution in [0.3, 0.4) is 0 Å². The van der Waals surface area contributed by atoms with Crippen LogP contribution in [0.25, 0.3) is 0 Å². The van der Waals surface area contributed by atoms with Gasteiger partial charge in [0.15, 0.2) is 0 Å². The fourth-order valence-corrected chi connectivity index (χ4v) is 1.49. The number of rotatable bonds is 2. The molecule has 0 amide bonds. The summed E-state index contributed by atoms with van der Waals surface area (Å²) in [5.74, 6) is 0. The lowest BCUT2D eigenvalue weighted by Gasteiger charge is -2.29. The van der Waals surface area contributed by atoms with Crippen molar-refractivity contribution < 1.29 is 0 Å². The summed E-state index contributed by atoms with van der Waals surface area (Å²) >= 11 is 0. The van der Waals surface area contributed by atoms with Gasteiger partial charge in [0.05, 0.1) is 0 Å². The lowest BCUT2D eigenvalue weighted by molar-refractivity contribution is 0.209. The van der Waals surface area contributed by atoms with Crippen molar-refractivity contribution in [2.75, 3.05) is 26.7 Å². The number of likely N-dealkylation sites (tertiary alicyclic amines) is 1. The Balaban J connectivity index is 2.17. The highest BCUT2D eigenvalue weighted by molar-refractivity contribution is 4.74. The second-order valence-corrected chi connectivity index (χ2v) is 2.92. The molecule has 59 valence electrons. The molecule has 0 aromatic heterocycles. The molecule has 1 aliphatic rings. The molecule has 10 heavy (non-hydrogen) atoms. The maximum absolute atomic E-state index is 4.29. The molecule has 0 spiro atoms. The van der Waals surface area contributed by atoms with Crippen LogP contribution >= 0.6 is 0 Å². The molecular weight excluding hydrogens is 124 g/mol. The molecule has 2 heteroatoms. The van der Waals surface area contributed by atoms with Crippen LogP contribution in [0.4, 0.5) is 0 Å². The van der Waals surface area contributed by atoms with E-state index < -0.39 is 0 Å². The van der Waals surface area contributed by atoms with Crippen LogP contribution in [0, 0.1) is 0 Å². The number of hydrogen-bond donors (Lipinski definition) is 0. The molecule has 1 rings (SSSR count). The average molecular weight is 141 g/mol. The van der Waals surface area contributed by atoms with Gasteiger partial charge in [-0.05, 0) is 32.5 Å². The Bertz CT molecular complexity index is 73.3. The van der Waals surface area contributed by atoms with E-state index in [0.29, 0.717) is 6.04 Å². The van der Waals surface area contributed by atoms with Crippen molar-refractivity contribution >= 4 is 0 Å². The van der Waals surface area contributed by atoms with Crippen molar-refractivity contribution in [1.29, 1.82) is 0 Å². The van der Waals surface area contributed by atoms with E-state index in [0.717, 1.165) is 0 Å². The highest BCUT2D eigenvalue weighted by atomic mass is 15.1. The molecule has 0 saturated carbocycles. The number of piperidine rings is 1. The van der Waals surface area contributed by atoms with E-state index >= 15 is 0 Å². The summed E-state index contributed by atoms with van der Waals surface area (Å²) in [6, 6.07) is 0.655. The van der Waals surface area contributed by atoms with Crippen molar-refractivity contribution in [3.63, 3.8) is 0 Å². The van der Waals surface area contributed by atoms with E-state index in [1.165, 1.54) is 32.5 Å². The summed E-state index contributed by atoms with van der Waals surface area (Å²) in [5.41, 5.74) is 0. The SMILES string of the molecule is CCN1CCC([N]C)CC1. The van der Waals surface area contributed by atoms with Gasteiger partial charge in [-0.15, -0.1) is 0 Å². The zero-order chi connectivity index (χ0) is 7.40. The first-order chi connectivity index (χ1) is 4.86. The fraction of sp³-hybridized carbons (Fsp3) is 1.00. The summed E-state index contributed by atoms with van der Waals surface area (Å²) in [4.78, 5) is 2.49.